The molecule has 0 saturated carbocycles. The lowest BCUT2D eigenvalue weighted by Gasteiger charge is -2.13. The quantitative estimate of drug-likeness (QED) is 0.856. The van der Waals surface area contributed by atoms with E-state index in [9.17, 15) is 4.79 Å². The number of aryl methyl sites for hydroxylation is 1. The maximum Gasteiger partial charge on any atom is 0.356 e. The predicted molar refractivity (Wildman–Crippen MR) is 80.5 cm³/mol. The zero-order valence-corrected chi connectivity index (χ0v) is 13.0. The molecule has 1 heterocycles. The molecule has 2 rings (SSSR count). The Balaban J connectivity index is 2.64. The topological polar surface area (TPSA) is 73.6 Å². The van der Waals surface area contributed by atoms with Gasteiger partial charge in [-0.2, -0.15) is 5.10 Å². The third kappa shape index (κ3) is 2.82. The van der Waals surface area contributed by atoms with Crippen molar-refractivity contribution in [3.05, 3.63) is 23.9 Å². The van der Waals surface area contributed by atoms with E-state index in [-0.39, 0.29) is 5.69 Å². The average molecular weight is 308 g/mol. The number of carbonyl (C=O) groups is 1. The summed E-state index contributed by atoms with van der Waals surface area (Å²) in [5, 5.41) is 13.0. The molecule has 0 aliphatic carbocycles. The molecule has 112 valence electrons. The molecule has 1 aromatic carbocycles. The van der Waals surface area contributed by atoms with Crippen LogP contribution in [0.3, 0.4) is 0 Å². The Labute approximate surface area is 126 Å². The summed E-state index contributed by atoms with van der Waals surface area (Å²) >= 11 is 1.54. The van der Waals surface area contributed by atoms with Gasteiger partial charge >= 0.3 is 5.97 Å². The highest BCUT2D eigenvalue weighted by Gasteiger charge is 2.18. The lowest BCUT2D eigenvalue weighted by atomic mass is 10.1. The second-order valence-electron chi connectivity index (χ2n) is 4.25. The Bertz CT molecular complexity index is 682. The van der Waals surface area contributed by atoms with Crippen LogP contribution in [0.25, 0.3) is 11.3 Å². The maximum absolute atomic E-state index is 11.1. The number of hydrogen-bond acceptors (Lipinski definition) is 5. The minimum atomic E-state index is -1.05. The number of hydrogen-bond donors (Lipinski definition) is 1. The number of nitrogens with zero attached hydrogens (tertiary/aromatic N) is 2. The number of methoxy groups -OCH3 is 2. The van der Waals surface area contributed by atoms with Gasteiger partial charge in [0.05, 0.1) is 19.9 Å². The molecule has 0 atom stereocenters. The van der Waals surface area contributed by atoms with E-state index in [4.69, 9.17) is 14.6 Å². The first-order valence-electron chi connectivity index (χ1n) is 6.09. The van der Waals surface area contributed by atoms with E-state index in [1.807, 2.05) is 18.4 Å². The molecule has 1 N–H and O–H groups in total. The van der Waals surface area contributed by atoms with Gasteiger partial charge in [0.15, 0.2) is 17.2 Å². The van der Waals surface area contributed by atoms with Crippen molar-refractivity contribution in [2.45, 2.75) is 4.90 Å². The summed E-state index contributed by atoms with van der Waals surface area (Å²) in [7, 11) is 4.85. The van der Waals surface area contributed by atoms with Crippen LogP contribution in [-0.4, -0.2) is 41.3 Å². The third-order valence-electron chi connectivity index (χ3n) is 3.08. The predicted octanol–water partition coefficient (Wildman–Crippen LogP) is 2.52. The number of ether oxygens (including phenoxy) is 2. The number of thioether (sulfide) groups is 1. The van der Waals surface area contributed by atoms with Gasteiger partial charge in [0.25, 0.3) is 0 Å². The second-order valence-corrected chi connectivity index (χ2v) is 5.10. The molecule has 1 aromatic heterocycles. The van der Waals surface area contributed by atoms with Gasteiger partial charge in [-0.15, -0.1) is 11.8 Å². The van der Waals surface area contributed by atoms with Crippen LogP contribution < -0.4 is 9.47 Å². The summed E-state index contributed by atoms with van der Waals surface area (Å²) < 4.78 is 12.1. The van der Waals surface area contributed by atoms with Gasteiger partial charge in [-0.3, -0.25) is 4.68 Å². The average Bonchev–Trinajstić information content (AvgIpc) is 2.87. The first kappa shape index (κ1) is 15.2. The van der Waals surface area contributed by atoms with Crippen molar-refractivity contribution < 1.29 is 19.4 Å². The van der Waals surface area contributed by atoms with Gasteiger partial charge in [-0.05, 0) is 24.5 Å². The normalized spacial score (nSPS) is 10.5. The Hall–Kier alpha value is -2.15. The molecule has 0 radical (unpaired) electrons. The van der Waals surface area contributed by atoms with Gasteiger partial charge in [0.1, 0.15) is 0 Å². The van der Waals surface area contributed by atoms with Crippen LogP contribution >= 0.6 is 11.8 Å². The van der Waals surface area contributed by atoms with Crippen LogP contribution in [0.4, 0.5) is 0 Å². The Morgan fingerprint density at radius 2 is 1.86 bits per heavy atom. The van der Waals surface area contributed by atoms with Crippen LogP contribution in [0.15, 0.2) is 23.1 Å². The van der Waals surface area contributed by atoms with E-state index in [0.29, 0.717) is 17.2 Å². The van der Waals surface area contributed by atoms with Crippen molar-refractivity contribution in [2.75, 3.05) is 20.5 Å². The summed E-state index contributed by atoms with van der Waals surface area (Å²) in [6, 6.07) is 5.24. The number of carboxylic acids is 1. The number of rotatable bonds is 5. The van der Waals surface area contributed by atoms with Crippen molar-refractivity contribution in [2.24, 2.45) is 7.05 Å². The fourth-order valence-corrected chi connectivity index (χ4v) is 2.66. The summed E-state index contributed by atoms with van der Waals surface area (Å²) in [6.07, 6.45) is 1.94. The van der Waals surface area contributed by atoms with Gasteiger partial charge in [0, 0.05) is 17.5 Å². The van der Waals surface area contributed by atoms with Crippen LogP contribution in [0, 0.1) is 0 Å². The number of aromatic nitrogens is 2. The molecule has 2 aromatic rings. The van der Waals surface area contributed by atoms with Gasteiger partial charge < -0.3 is 14.6 Å². The maximum atomic E-state index is 11.1. The molecule has 6 nitrogen and oxygen atoms in total. The molecular formula is C14H16N2O4S. The molecule has 0 amide bonds. The van der Waals surface area contributed by atoms with Crippen molar-refractivity contribution >= 4 is 17.7 Å². The van der Waals surface area contributed by atoms with E-state index >= 15 is 0 Å². The minimum absolute atomic E-state index is 0.00865. The first-order valence-corrected chi connectivity index (χ1v) is 7.32. The molecule has 0 aliphatic heterocycles. The molecule has 0 fully saturated rings. The van der Waals surface area contributed by atoms with Crippen LogP contribution in [0.1, 0.15) is 10.5 Å². The molecule has 7 heteroatoms. The van der Waals surface area contributed by atoms with Crippen molar-refractivity contribution in [3.8, 4) is 22.8 Å². The Morgan fingerprint density at radius 1 is 1.24 bits per heavy atom. The van der Waals surface area contributed by atoms with Crippen molar-refractivity contribution in [3.63, 3.8) is 0 Å². The van der Waals surface area contributed by atoms with Crippen LogP contribution in [0.5, 0.6) is 11.5 Å². The van der Waals surface area contributed by atoms with Crippen LogP contribution in [-0.2, 0) is 7.05 Å². The fraction of sp³-hybridized carbons (Fsp3) is 0.286. The van der Waals surface area contributed by atoms with E-state index in [1.54, 1.807) is 43.8 Å². The van der Waals surface area contributed by atoms with Gasteiger partial charge in [0.2, 0.25) is 0 Å². The highest BCUT2D eigenvalue weighted by Crippen LogP contribution is 2.39. The van der Waals surface area contributed by atoms with E-state index in [0.717, 1.165) is 10.5 Å². The SMILES string of the molecule is COc1cc(SC)c(-c2cc(C(=O)O)nn2C)cc1OC. The lowest BCUT2D eigenvalue weighted by Crippen LogP contribution is -2.00. The van der Waals surface area contributed by atoms with E-state index in [1.165, 1.54) is 0 Å². The van der Waals surface area contributed by atoms with E-state index in [2.05, 4.69) is 5.10 Å². The van der Waals surface area contributed by atoms with Crippen molar-refractivity contribution in [1.29, 1.82) is 0 Å². The molecule has 0 unspecified atom stereocenters. The van der Waals surface area contributed by atoms with Gasteiger partial charge in [-0.1, -0.05) is 0 Å². The zero-order chi connectivity index (χ0) is 15.6. The number of carboxylic acid groups (broad SMARTS) is 1. The largest absolute Gasteiger partial charge is 0.493 e. The summed E-state index contributed by atoms with van der Waals surface area (Å²) in [5.74, 6) is 0.164. The Kier molecular flexibility index (Phi) is 4.42. The molecule has 21 heavy (non-hydrogen) atoms. The molecule has 0 aliphatic rings. The molecular weight excluding hydrogens is 292 g/mol. The smallest absolute Gasteiger partial charge is 0.356 e. The lowest BCUT2D eigenvalue weighted by molar-refractivity contribution is 0.0689. The fourth-order valence-electron chi connectivity index (χ4n) is 2.05. The molecule has 0 bridgehead atoms. The highest BCUT2D eigenvalue weighted by atomic mass is 32.2. The first-order chi connectivity index (χ1) is 10.0. The Morgan fingerprint density at radius 3 is 2.33 bits per heavy atom. The van der Waals surface area contributed by atoms with Gasteiger partial charge in [-0.25, -0.2) is 4.79 Å². The molecule has 0 saturated heterocycles. The number of aromatic carboxylic acids is 1. The van der Waals surface area contributed by atoms with Crippen molar-refractivity contribution in [1.82, 2.24) is 9.78 Å². The minimum Gasteiger partial charge on any atom is -0.493 e. The van der Waals surface area contributed by atoms with E-state index < -0.39 is 5.97 Å². The summed E-state index contributed by atoms with van der Waals surface area (Å²) in [6.45, 7) is 0. The second kappa shape index (κ2) is 6.09. The number of benzene rings is 1. The summed E-state index contributed by atoms with van der Waals surface area (Å²) in [5.41, 5.74) is 1.56. The highest BCUT2D eigenvalue weighted by molar-refractivity contribution is 7.98. The monoisotopic (exact) mass is 308 g/mol. The molecule has 0 spiro atoms. The third-order valence-corrected chi connectivity index (χ3v) is 3.86. The summed E-state index contributed by atoms with van der Waals surface area (Å²) in [4.78, 5) is 12.0. The zero-order valence-electron chi connectivity index (χ0n) is 12.2. The van der Waals surface area contributed by atoms with Crippen LogP contribution in [0.2, 0.25) is 0 Å². The standard InChI is InChI=1S/C14H16N2O4S/c1-16-10(6-9(15-16)14(17)18)8-5-11(19-2)12(20-3)7-13(8)21-4/h5-7H,1-4H3,(H,17,18).